The van der Waals surface area contributed by atoms with Crippen LogP contribution in [0.2, 0.25) is 5.02 Å². The Morgan fingerprint density at radius 3 is 2.53 bits per heavy atom. The number of hydrogen-bond acceptors (Lipinski definition) is 8. The molecule has 0 saturated heterocycles. The molecular weight excluding hydrogens is 538 g/mol. The minimum atomic E-state index is -4.67. The number of carbonyl (C=O) groups is 2. The molecule has 1 saturated carbocycles. The molecule has 13 heteroatoms. The van der Waals surface area contributed by atoms with Gasteiger partial charge in [-0.05, 0) is 43.5 Å². The first-order chi connectivity index (χ1) is 18.1. The highest BCUT2D eigenvalue weighted by Crippen LogP contribution is 2.52. The van der Waals surface area contributed by atoms with Crippen LogP contribution in [0.4, 0.5) is 11.4 Å². The number of nitro groups is 1. The topological polar surface area (TPSA) is 136 Å². The maximum atomic E-state index is 14.4. The second-order valence-electron chi connectivity index (χ2n) is 9.25. The first-order valence-corrected chi connectivity index (χ1v) is 14.0. The van der Waals surface area contributed by atoms with Crippen molar-refractivity contribution < 1.29 is 32.5 Å². The lowest BCUT2D eigenvalue weighted by molar-refractivity contribution is -0.385. The third-order valence-corrected chi connectivity index (χ3v) is 9.06. The summed E-state index contributed by atoms with van der Waals surface area (Å²) in [6.45, 7) is 1.70. The van der Waals surface area contributed by atoms with Crippen molar-refractivity contribution in [1.29, 1.82) is 0 Å². The van der Waals surface area contributed by atoms with Gasteiger partial charge in [-0.2, -0.15) is 4.31 Å². The van der Waals surface area contributed by atoms with E-state index < -0.39 is 31.3 Å². The predicted octanol–water partition coefficient (Wildman–Crippen LogP) is 4.57. The standard InChI is InChI=1S/C25H28ClN3O8S/c1-3-37-27(16-30)25(15-17-7-5-4-6-8-17)20-13-18(26)9-11-21(20)28(24(25)31)38(34,35)23-12-10-19(29(32)33)14-22(23)36-2/h9-14,16-17H,3-8,15H2,1-2H3. The molecule has 0 spiro atoms. The summed E-state index contributed by atoms with van der Waals surface area (Å²) in [5, 5.41) is 12.4. The van der Waals surface area contributed by atoms with Crippen LogP contribution in [-0.4, -0.2) is 44.4 Å². The molecule has 1 heterocycles. The molecule has 1 unspecified atom stereocenters. The average molecular weight is 566 g/mol. The molecule has 2 aromatic rings. The van der Waals surface area contributed by atoms with Crippen LogP contribution in [-0.2, 0) is 30.0 Å². The SMILES string of the molecule is CCON(C=O)C1(CC2CCCCC2)C(=O)N(S(=O)(=O)c2ccc([N+](=O)[O-])cc2OC)c2ccc(Cl)cc21. The van der Waals surface area contributed by atoms with Crippen LogP contribution < -0.4 is 9.04 Å². The highest BCUT2D eigenvalue weighted by Gasteiger charge is 2.60. The second-order valence-corrected chi connectivity index (χ2v) is 11.4. The van der Waals surface area contributed by atoms with Gasteiger partial charge >= 0.3 is 0 Å². The first-order valence-electron chi connectivity index (χ1n) is 12.2. The van der Waals surface area contributed by atoms with Gasteiger partial charge in [0.2, 0.25) is 6.41 Å². The van der Waals surface area contributed by atoms with E-state index in [9.17, 15) is 28.1 Å². The molecule has 0 radical (unpaired) electrons. The molecule has 1 aliphatic heterocycles. The zero-order valence-electron chi connectivity index (χ0n) is 21.0. The molecule has 38 heavy (non-hydrogen) atoms. The highest BCUT2D eigenvalue weighted by atomic mass is 35.5. The molecule has 1 aliphatic carbocycles. The Morgan fingerprint density at radius 1 is 1.21 bits per heavy atom. The van der Waals surface area contributed by atoms with E-state index in [0.29, 0.717) is 10.7 Å². The maximum absolute atomic E-state index is 14.4. The number of carbonyl (C=O) groups excluding carboxylic acids is 2. The minimum Gasteiger partial charge on any atom is -0.495 e. The van der Waals surface area contributed by atoms with Gasteiger partial charge in [0.25, 0.3) is 21.6 Å². The number of benzene rings is 2. The normalized spacial score (nSPS) is 19.8. The Bertz CT molecular complexity index is 1360. The maximum Gasteiger partial charge on any atom is 0.274 e. The number of rotatable bonds is 10. The van der Waals surface area contributed by atoms with E-state index in [-0.39, 0.29) is 46.7 Å². The molecule has 4 rings (SSSR count). The summed E-state index contributed by atoms with van der Waals surface area (Å²) in [6, 6.07) is 7.36. The number of nitro benzene ring substituents is 1. The molecule has 2 amide bonds. The van der Waals surface area contributed by atoms with Crippen molar-refractivity contribution in [3.63, 3.8) is 0 Å². The zero-order valence-corrected chi connectivity index (χ0v) is 22.5. The fourth-order valence-electron chi connectivity index (χ4n) is 5.41. The summed E-state index contributed by atoms with van der Waals surface area (Å²) in [4.78, 5) is 42.5. The molecule has 1 atom stereocenters. The van der Waals surface area contributed by atoms with Crippen molar-refractivity contribution in [3.05, 3.63) is 57.1 Å². The summed E-state index contributed by atoms with van der Waals surface area (Å²) < 4.78 is 34.0. The van der Waals surface area contributed by atoms with E-state index in [1.54, 1.807) is 6.92 Å². The van der Waals surface area contributed by atoms with Crippen molar-refractivity contribution >= 4 is 45.3 Å². The van der Waals surface area contributed by atoms with Gasteiger partial charge in [-0.25, -0.2) is 13.5 Å². The Hall–Kier alpha value is -3.22. The molecule has 1 fully saturated rings. The molecule has 0 N–H and O–H groups in total. The molecule has 204 valence electrons. The van der Waals surface area contributed by atoms with Gasteiger partial charge in [-0.3, -0.25) is 24.5 Å². The van der Waals surface area contributed by atoms with Crippen LogP contribution in [0.15, 0.2) is 41.3 Å². The van der Waals surface area contributed by atoms with Gasteiger partial charge in [-0.15, -0.1) is 0 Å². The lowest BCUT2D eigenvalue weighted by Gasteiger charge is -2.39. The predicted molar refractivity (Wildman–Crippen MR) is 138 cm³/mol. The van der Waals surface area contributed by atoms with E-state index in [2.05, 4.69) is 0 Å². The molecule has 0 bridgehead atoms. The lowest BCUT2D eigenvalue weighted by atomic mass is 9.76. The highest BCUT2D eigenvalue weighted by molar-refractivity contribution is 7.93. The number of hydroxylamine groups is 2. The summed E-state index contributed by atoms with van der Waals surface area (Å²) in [5.74, 6) is -1.18. The van der Waals surface area contributed by atoms with Crippen molar-refractivity contribution in [2.24, 2.45) is 5.92 Å². The van der Waals surface area contributed by atoms with Gasteiger partial charge in [0, 0.05) is 16.7 Å². The summed E-state index contributed by atoms with van der Waals surface area (Å²) in [6.07, 6.45) is 5.12. The van der Waals surface area contributed by atoms with E-state index in [0.717, 1.165) is 55.4 Å². The van der Waals surface area contributed by atoms with Gasteiger partial charge in [0.15, 0.2) is 5.54 Å². The number of halogens is 1. The van der Waals surface area contributed by atoms with Gasteiger partial charge < -0.3 is 4.74 Å². The van der Waals surface area contributed by atoms with Gasteiger partial charge in [0.05, 0.1) is 30.4 Å². The number of anilines is 1. The number of methoxy groups -OCH3 is 1. The fourth-order valence-corrected chi connectivity index (χ4v) is 7.20. The number of non-ortho nitro benzene ring substituents is 1. The van der Waals surface area contributed by atoms with Crippen molar-refractivity contribution in [2.75, 3.05) is 18.0 Å². The van der Waals surface area contributed by atoms with Crippen LogP contribution in [0.1, 0.15) is 51.0 Å². The van der Waals surface area contributed by atoms with Crippen molar-refractivity contribution in [3.8, 4) is 5.75 Å². The van der Waals surface area contributed by atoms with Crippen LogP contribution in [0.5, 0.6) is 5.75 Å². The molecule has 0 aromatic heterocycles. The van der Waals surface area contributed by atoms with E-state index in [1.165, 1.54) is 25.3 Å². The number of fused-ring (bicyclic) bond motifs is 1. The van der Waals surface area contributed by atoms with Crippen LogP contribution in [0.25, 0.3) is 0 Å². The minimum absolute atomic E-state index is 0.0159. The summed E-state index contributed by atoms with van der Waals surface area (Å²) in [5.41, 5.74) is -1.93. The second kappa shape index (κ2) is 10.9. The third-order valence-electron chi connectivity index (χ3n) is 7.09. The number of hydrogen-bond donors (Lipinski definition) is 0. The quantitative estimate of drug-likeness (QED) is 0.232. The first kappa shape index (κ1) is 27.8. The average Bonchev–Trinajstić information content (AvgIpc) is 3.15. The smallest absolute Gasteiger partial charge is 0.274 e. The van der Waals surface area contributed by atoms with E-state index >= 15 is 0 Å². The van der Waals surface area contributed by atoms with Crippen LogP contribution in [0.3, 0.4) is 0 Å². The van der Waals surface area contributed by atoms with Crippen LogP contribution >= 0.6 is 11.6 Å². The Morgan fingerprint density at radius 2 is 1.92 bits per heavy atom. The lowest BCUT2D eigenvalue weighted by Crippen LogP contribution is -2.54. The summed E-state index contributed by atoms with van der Waals surface area (Å²) in [7, 11) is -3.50. The Kier molecular flexibility index (Phi) is 7.96. The number of sulfonamides is 1. The number of amides is 2. The van der Waals surface area contributed by atoms with E-state index in [1.807, 2.05) is 0 Å². The van der Waals surface area contributed by atoms with Crippen LogP contribution in [0, 0.1) is 16.0 Å². The zero-order chi connectivity index (χ0) is 27.7. The van der Waals surface area contributed by atoms with Crippen molar-refractivity contribution in [1.82, 2.24) is 5.06 Å². The Balaban J connectivity index is 1.94. The fraction of sp³-hybridized carbons (Fsp3) is 0.440. The largest absolute Gasteiger partial charge is 0.495 e. The van der Waals surface area contributed by atoms with Gasteiger partial charge in [-0.1, -0.05) is 43.7 Å². The summed E-state index contributed by atoms with van der Waals surface area (Å²) >= 11 is 6.33. The number of nitrogens with zero attached hydrogens (tertiary/aromatic N) is 3. The van der Waals surface area contributed by atoms with Gasteiger partial charge in [0.1, 0.15) is 10.6 Å². The molecular formula is C25H28ClN3O8S. The molecule has 11 nitrogen and oxygen atoms in total. The Labute approximate surface area is 225 Å². The number of ether oxygens (including phenoxy) is 1. The molecule has 2 aromatic carbocycles. The monoisotopic (exact) mass is 565 g/mol. The molecule has 2 aliphatic rings. The van der Waals surface area contributed by atoms with E-state index in [4.69, 9.17) is 21.2 Å². The third kappa shape index (κ3) is 4.61. The van der Waals surface area contributed by atoms with Crippen molar-refractivity contribution in [2.45, 2.75) is 55.9 Å².